The van der Waals surface area contributed by atoms with Gasteiger partial charge in [0, 0.05) is 37.3 Å². The van der Waals surface area contributed by atoms with Crippen LogP contribution in [0.5, 0.6) is 5.75 Å². The van der Waals surface area contributed by atoms with Crippen molar-refractivity contribution in [2.45, 2.75) is 31.2 Å². The van der Waals surface area contributed by atoms with Gasteiger partial charge in [-0.15, -0.1) is 0 Å². The fourth-order valence-electron chi connectivity index (χ4n) is 2.57. The molecule has 0 aliphatic rings. The number of hydrogen-bond acceptors (Lipinski definition) is 5. The fourth-order valence-corrected chi connectivity index (χ4v) is 3.93. The Kier molecular flexibility index (Phi) is 7.96. The second-order valence-corrected chi connectivity index (χ2v) is 9.05. The molecule has 0 aromatic heterocycles. The highest BCUT2D eigenvalue weighted by molar-refractivity contribution is 7.89. The molecule has 0 saturated carbocycles. The van der Waals surface area contributed by atoms with Crippen molar-refractivity contribution in [3.63, 3.8) is 0 Å². The first-order valence-electron chi connectivity index (χ1n) is 9.56. The smallest absolute Gasteiger partial charge is 0.251 e. The van der Waals surface area contributed by atoms with Crippen LogP contribution in [0.15, 0.2) is 53.4 Å². The lowest BCUT2D eigenvalue weighted by Crippen LogP contribution is -2.33. The minimum Gasteiger partial charge on any atom is -0.508 e. The van der Waals surface area contributed by atoms with Crippen molar-refractivity contribution >= 4 is 21.8 Å². The summed E-state index contributed by atoms with van der Waals surface area (Å²) in [5.74, 6) is -0.611. The number of carbonyl (C=O) groups is 2. The maximum absolute atomic E-state index is 12.5. The molecular weight excluding hydrogens is 406 g/mol. The van der Waals surface area contributed by atoms with Crippen LogP contribution in [-0.4, -0.2) is 55.8 Å². The Morgan fingerprint density at radius 1 is 0.967 bits per heavy atom. The zero-order valence-corrected chi connectivity index (χ0v) is 18.1. The van der Waals surface area contributed by atoms with E-state index < -0.39 is 10.0 Å². The van der Waals surface area contributed by atoms with Crippen molar-refractivity contribution in [3.8, 4) is 5.75 Å². The number of aromatic hydroxyl groups is 1. The highest BCUT2D eigenvalue weighted by Crippen LogP contribution is 2.17. The average Bonchev–Trinajstić information content (AvgIpc) is 2.72. The lowest BCUT2D eigenvalue weighted by molar-refractivity contribution is 0.0951. The minimum atomic E-state index is -3.59. The number of nitrogens with zero attached hydrogens (tertiary/aromatic N) is 1. The van der Waals surface area contributed by atoms with Crippen LogP contribution in [0.4, 0.5) is 0 Å². The number of benzene rings is 2. The molecule has 0 atom stereocenters. The molecule has 162 valence electrons. The monoisotopic (exact) mass is 433 g/mol. The van der Waals surface area contributed by atoms with Gasteiger partial charge in [0.1, 0.15) is 5.75 Å². The quantitative estimate of drug-likeness (QED) is 0.523. The first-order chi connectivity index (χ1) is 14.1. The molecule has 2 aromatic carbocycles. The molecule has 8 nitrogen and oxygen atoms in total. The maximum atomic E-state index is 12.5. The molecule has 2 aromatic rings. The van der Waals surface area contributed by atoms with E-state index in [1.807, 2.05) is 0 Å². The Balaban J connectivity index is 1.81. The van der Waals surface area contributed by atoms with E-state index in [4.69, 9.17) is 0 Å². The van der Waals surface area contributed by atoms with Gasteiger partial charge in [-0.1, -0.05) is 6.07 Å². The first kappa shape index (κ1) is 23.4. The second kappa shape index (κ2) is 10.2. The summed E-state index contributed by atoms with van der Waals surface area (Å²) in [6.45, 7) is 4.26. The van der Waals surface area contributed by atoms with Gasteiger partial charge >= 0.3 is 0 Å². The number of rotatable bonds is 9. The largest absolute Gasteiger partial charge is 0.508 e. The van der Waals surface area contributed by atoms with E-state index in [-0.39, 0.29) is 28.5 Å². The van der Waals surface area contributed by atoms with Crippen molar-refractivity contribution in [1.82, 2.24) is 14.9 Å². The van der Waals surface area contributed by atoms with Crippen LogP contribution < -0.4 is 10.6 Å². The molecule has 0 heterocycles. The summed E-state index contributed by atoms with van der Waals surface area (Å²) in [7, 11) is -2.08. The SMILES string of the molecule is CC(C)N(C)S(=O)(=O)c1ccc(C(=O)NCCCNC(=O)c2cccc(O)c2)cc1. The normalized spacial score (nSPS) is 11.5. The number of hydrogen-bond donors (Lipinski definition) is 3. The summed E-state index contributed by atoms with van der Waals surface area (Å²) in [5.41, 5.74) is 0.710. The molecule has 0 fully saturated rings. The van der Waals surface area contributed by atoms with Gasteiger partial charge in [0.15, 0.2) is 0 Å². The van der Waals surface area contributed by atoms with E-state index in [1.165, 1.54) is 47.8 Å². The molecule has 0 spiro atoms. The average molecular weight is 434 g/mol. The number of carbonyl (C=O) groups excluding carboxylic acids is 2. The lowest BCUT2D eigenvalue weighted by atomic mass is 10.2. The zero-order valence-electron chi connectivity index (χ0n) is 17.3. The highest BCUT2D eigenvalue weighted by Gasteiger charge is 2.23. The first-order valence-corrected chi connectivity index (χ1v) is 11.0. The predicted octanol–water partition coefficient (Wildman–Crippen LogP) is 1.97. The van der Waals surface area contributed by atoms with Crippen molar-refractivity contribution in [2.24, 2.45) is 0 Å². The number of nitrogens with one attached hydrogen (secondary N) is 2. The summed E-state index contributed by atoms with van der Waals surface area (Å²) in [5, 5.41) is 14.8. The standard InChI is InChI=1S/C21H27N3O5S/c1-15(2)24(3)30(28,29)19-10-8-16(9-11-19)20(26)22-12-5-13-23-21(27)17-6-4-7-18(25)14-17/h4,6-11,14-15,25H,5,12-13H2,1-3H3,(H,22,26)(H,23,27). The number of phenols is 1. The summed E-state index contributed by atoms with van der Waals surface area (Å²) in [6, 6.07) is 11.6. The summed E-state index contributed by atoms with van der Waals surface area (Å²) in [4.78, 5) is 24.3. The summed E-state index contributed by atoms with van der Waals surface area (Å²) >= 11 is 0. The molecule has 30 heavy (non-hydrogen) atoms. The minimum absolute atomic E-state index is 0.0181. The number of amides is 2. The third kappa shape index (κ3) is 6.04. The molecule has 0 aliphatic heterocycles. The highest BCUT2D eigenvalue weighted by atomic mass is 32.2. The molecule has 0 radical (unpaired) electrons. The van der Waals surface area contributed by atoms with Crippen molar-refractivity contribution in [1.29, 1.82) is 0 Å². The van der Waals surface area contributed by atoms with Gasteiger partial charge in [0.2, 0.25) is 10.0 Å². The van der Waals surface area contributed by atoms with Gasteiger partial charge in [-0.2, -0.15) is 4.31 Å². The number of sulfonamides is 1. The Labute approximate surface area is 177 Å². The van der Waals surface area contributed by atoms with Gasteiger partial charge in [0.25, 0.3) is 11.8 Å². The van der Waals surface area contributed by atoms with Gasteiger partial charge in [-0.05, 0) is 62.7 Å². The molecule has 3 N–H and O–H groups in total. The van der Waals surface area contributed by atoms with E-state index in [2.05, 4.69) is 10.6 Å². The van der Waals surface area contributed by atoms with Crippen LogP contribution in [0.2, 0.25) is 0 Å². The van der Waals surface area contributed by atoms with Gasteiger partial charge in [0.05, 0.1) is 4.90 Å². The molecule has 2 rings (SSSR count). The Morgan fingerprint density at radius 2 is 1.53 bits per heavy atom. The molecule has 9 heteroatoms. The molecule has 0 unspecified atom stereocenters. The topological polar surface area (TPSA) is 116 Å². The van der Waals surface area contributed by atoms with Gasteiger partial charge in [-0.3, -0.25) is 9.59 Å². The molecular formula is C21H27N3O5S. The van der Waals surface area contributed by atoms with E-state index in [9.17, 15) is 23.1 Å². The lowest BCUT2D eigenvalue weighted by Gasteiger charge is -2.21. The van der Waals surface area contributed by atoms with Gasteiger partial charge < -0.3 is 15.7 Å². The van der Waals surface area contributed by atoms with Crippen molar-refractivity contribution < 1.29 is 23.1 Å². The molecule has 2 amide bonds. The Morgan fingerprint density at radius 3 is 2.07 bits per heavy atom. The molecule has 0 aliphatic carbocycles. The fraction of sp³-hybridized carbons (Fsp3) is 0.333. The Bertz CT molecular complexity index is 988. The summed E-state index contributed by atoms with van der Waals surface area (Å²) < 4.78 is 26.2. The van der Waals surface area contributed by atoms with Crippen molar-refractivity contribution in [2.75, 3.05) is 20.1 Å². The third-order valence-electron chi connectivity index (χ3n) is 4.55. The van der Waals surface area contributed by atoms with Gasteiger partial charge in [-0.25, -0.2) is 8.42 Å². The second-order valence-electron chi connectivity index (χ2n) is 7.06. The van der Waals surface area contributed by atoms with Crippen LogP contribution in [-0.2, 0) is 10.0 Å². The van der Waals surface area contributed by atoms with Crippen LogP contribution in [0, 0.1) is 0 Å². The predicted molar refractivity (Wildman–Crippen MR) is 114 cm³/mol. The van der Waals surface area contributed by atoms with E-state index >= 15 is 0 Å². The summed E-state index contributed by atoms with van der Waals surface area (Å²) in [6.07, 6.45) is 0.516. The van der Waals surface area contributed by atoms with Crippen molar-refractivity contribution in [3.05, 3.63) is 59.7 Å². The zero-order chi connectivity index (χ0) is 22.3. The van der Waals surface area contributed by atoms with E-state index in [0.29, 0.717) is 30.6 Å². The maximum Gasteiger partial charge on any atom is 0.251 e. The Hall–Kier alpha value is -2.91. The molecule has 0 bridgehead atoms. The van der Waals surface area contributed by atoms with E-state index in [0.717, 1.165) is 0 Å². The van der Waals surface area contributed by atoms with Crippen LogP contribution in [0.3, 0.4) is 0 Å². The molecule has 0 saturated heterocycles. The third-order valence-corrected chi connectivity index (χ3v) is 6.60. The van der Waals surface area contributed by atoms with Crippen LogP contribution in [0.1, 0.15) is 41.0 Å². The van der Waals surface area contributed by atoms with Crippen LogP contribution in [0.25, 0.3) is 0 Å². The number of phenolic OH excluding ortho intramolecular Hbond substituents is 1. The van der Waals surface area contributed by atoms with E-state index in [1.54, 1.807) is 26.0 Å². The van der Waals surface area contributed by atoms with Crippen LogP contribution >= 0.6 is 0 Å².